The maximum atomic E-state index is 3.39. The van der Waals surface area contributed by atoms with Crippen LogP contribution in [0.4, 0.5) is 0 Å². The first kappa shape index (κ1) is 14.0. The van der Waals surface area contributed by atoms with Crippen LogP contribution in [0, 0.1) is 6.08 Å². The molecule has 0 N–H and O–H groups in total. The van der Waals surface area contributed by atoms with Crippen molar-refractivity contribution in [2.75, 3.05) is 0 Å². The zero-order valence-electron chi connectivity index (χ0n) is 12.4. The molecule has 0 radical (unpaired) electrons. The predicted octanol–water partition coefficient (Wildman–Crippen LogP) is 1.30. The molecule has 0 aromatic heterocycles. The van der Waals surface area contributed by atoms with Crippen LogP contribution in [0.1, 0.15) is 62.8 Å². The van der Waals surface area contributed by atoms with E-state index in [1.807, 2.05) is 0 Å². The number of benzene rings is 1. The van der Waals surface area contributed by atoms with E-state index in [4.69, 9.17) is 0 Å². The molecule has 0 saturated heterocycles. The number of hydrogen-bond acceptors (Lipinski definition) is 0. The fourth-order valence-corrected chi connectivity index (χ4v) is 3.23. The van der Waals surface area contributed by atoms with Crippen LogP contribution in [0.2, 0.25) is 0 Å². The van der Waals surface area contributed by atoms with Crippen molar-refractivity contribution in [1.82, 2.24) is 0 Å². The second kappa shape index (κ2) is 4.29. The smallest absolute Gasteiger partial charge is 0.189 e. The van der Waals surface area contributed by atoms with Gasteiger partial charge in [0.2, 0.25) is 0 Å². The van der Waals surface area contributed by atoms with E-state index in [2.05, 4.69) is 52.0 Å². The molecule has 0 atom stereocenters. The first-order chi connectivity index (χ1) is 7.90. The van der Waals surface area contributed by atoms with E-state index in [0.717, 1.165) is 6.42 Å². The average Bonchev–Trinajstić information content (AvgIpc) is 2.70. The van der Waals surface area contributed by atoms with Crippen LogP contribution in [0.15, 0.2) is 18.2 Å². The molecule has 3 rings (SSSR count). The molecule has 1 aromatic rings. The number of rotatable bonds is 0. The fraction of sp³-hybridized carbons (Fsp3) is 0.529. The predicted molar refractivity (Wildman–Crippen MR) is 72.3 cm³/mol. The van der Waals surface area contributed by atoms with Gasteiger partial charge in [-0.25, -0.2) is 0 Å². The first-order valence-electron chi connectivity index (χ1n) is 6.66. The van der Waals surface area contributed by atoms with Crippen molar-refractivity contribution in [3.05, 3.63) is 46.5 Å². The Balaban J connectivity index is 0.00000120. The second-order valence-electron chi connectivity index (χ2n) is 6.88. The Hall–Kier alpha value is -0.443. The van der Waals surface area contributed by atoms with Gasteiger partial charge in [0.05, 0.1) is 0 Å². The van der Waals surface area contributed by atoms with Crippen LogP contribution in [0.3, 0.4) is 0 Å². The fourth-order valence-electron chi connectivity index (χ4n) is 3.23. The van der Waals surface area contributed by atoms with Gasteiger partial charge in [-0.2, -0.15) is 23.8 Å². The topological polar surface area (TPSA) is 0 Å². The Kier molecular flexibility index (Phi) is 3.33. The molecule has 0 amide bonds. The van der Waals surface area contributed by atoms with E-state index in [9.17, 15) is 0 Å². The molecule has 0 nitrogen and oxygen atoms in total. The summed E-state index contributed by atoms with van der Waals surface area (Å²) in [4.78, 5) is 0. The van der Waals surface area contributed by atoms with E-state index in [1.54, 1.807) is 11.1 Å². The normalized spacial score (nSPS) is 22.0. The van der Waals surface area contributed by atoms with Gasteiger partial charge >= 0.3 is 18.9 Å². The van der Waals surface area contributed by atoms with Gasteiger partial charge in [0, 0.05) is 0 Å². The Morgan fingerprint density at radius 1 is 0.944 bits per heavy atom. The summed E-state index contributed by atoms with van der Waals surface area (Å²) < 4.78 is 0. The van der Waals surface area contributed by atoms with E-state index in [0.29, 0.717) is 10.8 Å². The number of fused-ring (bicyclic) bond motifs is 2. The molecule has 0 unspecified atom stereocenters. The SMILES string of the molecule is CC1(C)CCC(C)(C)c2cc3c(cc21)[C-]=CC3.[Li+]. The standard InChI is InChI=1S/C17H21.Li/c1-16(2)8-9-17(3,4)15-11-13-7-5-6-12(13)10-14(15)16;/h5,10-11H,6,8-9H2,1-4H3;/q-1;+1. The molecule has 2 aliphatic carbocycles. The second-order valence-corrected chi connectivity index (χ2v) is 6.88. The minimum Gasteiger partial charge on any atom is -0.189 e. The Morgan fingerprint density at radius 2 is 1.50 bits per heavy atom. The largest absolute Gasteiger partial charge is 1.00 e. The molecule has 0 spiro atoms. The third-order valence-corrected chi connectivity index (χ3v) is 4.66. The van der Waals surface area contributed by atoms with Crippen LogP contribution in [-0.2, 0) is 17.3 Å². The summed E-state index contributed by atoms with van der Waals surface area (Å²) >= 11 is 0. The minimum atomic E-state index is 0. The average molecular weight is 232 g/mol. The van der Waals surface area contributed by atoms with Crippen molar-refractivity contribution in [3.63, 3.8) is 0 Å². The summed E-state index contributed by atoms with van der Waals surface area (Å²) in [6.07, 6.45) is 9.20. The Labute approximate surface area is 123 Å². The van der Waals surface area contributed by atoms with Crippen molar-refractivity contribution in [2.24, 2.45) is 0 Å². The summed E-state index contributed by atoms with van der Waals surface area (Å²) in [6, 6.07) is 4.84. The number of hydrogen-bond donors (Lipinski definition) is 0. The maximum absolute atomic E-state index is 3.39. The van der Waals surface area contributed by atoms with E-state index >= 15 is 0 Å². The molecule has 0 saturated carbocycles. The van der Waals surface area contributed by atoms with Gasteiger partial charge in [0.15, 0.2) is 0 Å². The molecule has 0 heterocycles. The molecule has 2 aliphatic rings. The van der Waals surface area contributed by atoms with Crippen LogP contribution in [0.5, 0.6) is 0 Å². The van der Waals surface area contributed by atoms with E-state index in [-0.39, 0.29) is 18.9 Å². The van der Waals surface area contributed by atoms with Gasteiger partial charge in [0.25, 0.3) is 0 Å². The van der Waals surface area contributed by atoms with Gasteiger partial charge in [-0.3, -0.25) is 0 Å². The summed E-state index contributed by atoms with van der Waals surface area (Å²) in [6.45, 7) is 9.54. The van der Waals surface area contributed by atoms with Crippen LogP contribution in [0.25, 0.3) is 0 Å². The Morgan fingerprint density at radius 3 is 2.11 bits per heavy atom. The van der Waals surface area contributed by atoms with Crippen LogP contribution >= 0.6 is 0 Å². The van der Waals surface area contributed by atoms with Crippen molar-refractivity contribution in [3.8, 4) is 0 Å². The van der Waals surface area contributed by atoms with Crippen molar-refractivity contribution in [2.45, 2.75) is 57.8 Å². The summed E-state index contributed by atoms with van der Waals surface area (Å²) in [5.74, 6) is 0. The van der Waals surface area contributed by atoms with E-state index in [1.165, 1.54) is 24.0 Å². The molecular formula is C17H21Li. The van der Waals surface area contributed by atoms with Gasteiger partial charge in [-0.15, -0.1) is 11.6 Å². The van der Waals surface area contributed by atoms with Gasteiger partial charge in [0.1, 0.15) is 0 Å². The molecule has 90 valence electrons. The monoisotopic (exact) mass is 232 g/mol. The first-order valence-corrected chi connectivity index (χ1v) is 6.66. The molecule has 0 bridgehead atoms. The summed E-state index contributed by atoms with van der Waals surface area (Å²) in [7, 11) is 0. The number of allylic oxidation sites excluding steroid dienone is 1. The third kappa shape index (κ3) is 2.00. The quantitative estimate of drug-likeness (QED) is 0.467. The van der Waals surface area contributed by atoms with Crippen LogP contribution < -0.4 is 18.9 Å². The van der Waals surface area contributed by atoms with Gasteiger partial charge in [-0.1, -0.05) is 45.2 Å². The molecule has 0 aliphatic heterocycles. The molecule has 1 heteroatoms. The summed E-state index contributed by atoms with van der Waals surface area (Å²) in [5, 5.41) is 0. The zero-order chi connectivity index (χ0) is 12.3. The zero-order valence-corrected chi connectivity index (χ0v) is 12.4. The van der Waals surface area contributed by atoms with Gasteiger partial charge in [-0.05, 0) is 23.7 Å². The third-order valence-electron chi connectivity index (χ3n) is 4.66. The molecule has 1 aromatic carbocycles. The van der Waals surface area contributed by atoms with E-state index < -0.39 is 0 Å². The van der Waals surface area contributed by atoms with Crippen molar-refractivity contribution < 1.29 is 18.9 Å². The Bertz CT molecular complexity index is 507. The maximum Gasteiger partial charge on any atom is 1.00 e. The molecular weight excluding hydrogens is 211 g/mol. The van der Waals surface area contributed by atoms with Crippen molar-refractivity contribution >= 4 is 0 Å². The van der Waals surface area contributed by atoms with Crippen LogP contribution in [-0.4, -0.2) is 0 Å². The van der Waals surface area contributed by atoms with Gasteiger partial charge < -0.3 is 0 Å². The summed E-state index contributed by atoms with van der Waals surface area (Å²) in [5.41, 5.74) is 6.58. The molecule has 0 fully saturated rings. The molecule has 18 heavy (non-hydrogen) atoms. The minimum absolute atomic E-state index is 0. The van der Waals surface area contributed by atoms with Crippen molar-refractivity contribution in [1.29, 1.82) is 0 Å².